The number of hydrogen-bond acceptors (Lipinski definition) is 4. The lowest BCUT2D eigenvalue weighted by molar-refractivity contribution is -0.119. The fraction of sp³-hybridized carbons (Fsp3) is 0.600. The number of anilines is 2. The third-order valence-corrected chi connectivity index (χ3v) is 2.26. The first-order valence-electron chi connectivity index (χ1n) is 5.43. The molecule has 0 aromatic carbocycles. The number of nitrogens with one attached hydrogen (secondary N) is 2. The van der Waals surface area contributed by atoms with Gasteiger partial charge in [-0.1, -0.05) is 0 Å². The fourth-order valence-corrected chi connectivity index (χ4v) is 1.43. The Morgan fingerprint density at radius 2 is 2.19 bits per heavy atom. The summed E-state index contributed by atoms with van der Waals surface area (Å²) < 4.78 is 1.75. The van der Waals surface area contributed by atoms with Gasteiger partial charge in [0.2, 0.25) is 5.91 Å². The quantitative estimate of drug-likeness (QED) is 0.674. The summed E-state index contributed by atoms with van der Waals surface area (Å²) in [4.78, 5) is 11.3. The molecule has 6 nitrogen and oxygen atoms in total. The Labute approximate surface area is 95.2 Å². The van der Waals surface area contributed by atoms with E-state index in [1.54, 1.807) is 4.68 Å². The molecule has 0 bridgehead atoms. The van der Waals surface area contributed by atoms with Crippen LogP contribution in [-0.4, -0.2) is 28.8 Å². The summed E-state index contributed by atoms with van der Waals surface area (Å²) in [6.45, 7) is 7.26. The molecular weight excluding hydrogens is 206 g/mol. The van der Waals surface area contributed by atoms with Crippen molar-refractivity contribution in [3.63, 3.8) is 0 Å². The zero-order valence-electron chi connectivity index (χ0n) is 10.0. The molecule has 1 aromatic heterocycles. The van der Waals surface area contributed by atoms with Gasteiger partial charge in [0, 0.05) is 13.1 Å². The highest BCUT2D eigenvalue weighted by atomic mass is 16.1. The molecule has 90 valence electrons. The Kier molecular flexibility index (Phi) is 4.16. The third kappa shape index (κ3) is 2.65. The summed E-state index contributed by atoms with van der Waals surface area (Å²) in [5, 5.41) is 9.96. The summed E-state index contributed by atoms with van der Waals surface area (Å²) in [6, 6.07) is 0. The standard InChI is InChI=1S/C10H19N5O/c1-4-12-8(16)6-13-10-9(11)7(3)14-15(10)5-2/h13H,4-6,11H2,1-3H3,(H,12,16). The van der Waals surface area contributed by atoms with Gasteiger partial charge in [-0.25, -0.2) is 4.68 Å². The zero-order valence-corrected chi connectivity index (χ0v) is 10.0. The van der Waals surface area contributed by atoms with Gasteiger partial charge in [-0.3, -0.25) is 4.79 Å². The van der Waals surface area contributed by atoms with Crippen molar-refractivity contribution in [1.82, 2.24) is 15.1 Å². The number of nitrogens with zero attached hydrogens (tertiary/aromatic N) is 2. The van der Waals surface area contributed by atoms with Gasteiger partial charge in [-0.05, 0) is 20.8 Å². The molecule has 1 aromatic rings. The van der Waals surface area contributed by atoms with Crippen molar-refractivity contribution < 1.29 is 4.79 Å². The van der Waals surface area contributed by atoms with Crippen LogP contribution in [0, 0.1) is 6.92 Å². The lowest BCUT2D eigenvalue weighted by atomic mass is 10.4. The van der Waals surface area contributed by atoms with Crippen LogP contribution < -0.4 is 16.4 Å². The lowest BCUT2D eigenvalue weighted by Gasteiger charge is -2.08. The first-order valence-corrected chi connectivity index (χ1v) is 5.43. The highest BCUT2D eigenvalue weighted by Gasteiger charge is 2.11. The molecule has 1 rings (SSSR count). The summed E-state index contributed by atoms with van der Waals surface area (Å²) in [5.41, 5.74) is 7.24. The first-order chi connectivity index (χ1) is 7.60. The summed E-state index contributed by atoms with van der Waals surface area (Å²) >= 11 is 0. The van der Waals surface area contributed by atoms with Crippen molar-refractivity contribution in [3.8, 4) is 0 Å². The Hall–Kier alpha value is -1.72. The molecule has 0 aliphatic carbocycles. The number of aromatic nitrogens is 2. The molecule has 0 radical (unpaired) electrons. The zero-order chi connectivity index (χ0) is 12.1. The second-order valence-electron chi connectivity index (χ2n) is 3.47. The highest BCUT2D eigenvalue weighted by molar-refractivity contribution is 5.81. The van der Waals surface area contributed by atoms with E-state index in [-0.39, 0.29) is 12.5 Å². The maximum atomic E-state index is 11.3. The number of hydrogen-bond donors (Lipinski definition) is 3. The fourth-order valence-electron chi connectivity index (χ4n) is 1.43. The van der Waals surface area contributed by atoms with E-state index in [9.17, 15) is 4.79 Å². The Morgan fingerprint density at radius 1 is 1.50 bits per heavy atom. The van der Waals surface area contributed by atoms with Crippen LogP contribution >= 0.6 is 0 Å². The van der Waals surface area contributed by atoms with Crippen LogP contribution in [0.4, 0.5) is 11.5 Å². The molecule has 0 spiro atoms. The summed E-state index contributed by atoms with van der Waals surface area (Å²) in [7, 11) is 0. The molecule has 6 heteroatoms. The Morgan fingerprint density at radius 3 is 2.75 bits per heavy atom. The average Bonchev–Trinajstić information content (AvgIpc) is 2.53. The predicted molar refractivity (Wildman–Crippen MR) is 64.2 cm³/mol. The maximum Gasteiger partial charge on any atom is 0.239 e. The van der Waals surface area contributed by atoms with Gasteiger partial charge in [0.05, 0.1) is 17.9 Å². The van der Waals surface area contributed by atoms with Gasteiger partial charge in [-0.15, -0.1) is 0 Å². The van der Waals surface area contributed by atoms with Gasteiger partial charge in [0.15, 0.2) is 0 Å². The van der Waals surface area contributed by atoms with Crippen LogP contribution in [0.5, 0.6) is 0 Å². The molecule has 0 aliphatic rings. The number of nitrogen functional groups attached to an aromatic ring is 1. The van der Waals surface area contributed by atoms with Crippen LogP contribution in [0.15, 0.2) is 0 Å². The van der Waals surface area contributed by atoms with E-state index in [1.807, 2.05) is 20.8 Å². The van der Waals surface area contributed by atoms with Gasteiger partial charge in [-0.2, -0.15) is 5.10 Å². The number of carbonyl (C=O) groups excluding carboxylic acids is 1. The van der Waals surface area contributed by atoms with Gasteiger partial charge >= 0.3 is 0 Å². The van der Waals surface area contributed by atoms with Crippen molar-refractivity contribution in [3.05, 3.63) is 5.69 Å². The van der Waals surface area contributed by atoms with Crippen LogP contribution in [0.2, 0.25) is 0 Å². The predicted octanol–water partition coefficient (Wildman–Crippen LogP) is 0.342. The van der Waals surface area contributed by atoms with Crippen molar-refractivity contribution in [2.75, 3.05) is 24.1 Å². The molecule has 0 unspecified atom stereocenters. The first kappa shape index (κ1) is 12.4. The van der Waals surface area contributed by atoms with Gasteiger partial charge in [0.1, 0.15) is 5.82 Å². The van der Waals surface area contributed by atoms with Crippen LogP contribution in [0.25, 0.3) is 0 Å². The van der Waals surface area contributed by atoms with E-state index in [0.29, 0.717) is 18.1 Å². The van der Waals surface area contributed by atoms with Crippen molar-refractivity contribution in [1.29, 1.82) is 0 Å². The number of carbonyl (C=O) groups is 1. The average molecular weight is 225 g/mol. The van der Waals surface area contributed by atoms with Gasteiger partial charge < -0.3 is 16.4 Å². The number of likely N-dealkylation sites (N-methyl/N-ethyl adjacent to an activating group) is 1. The van der Waals surface area contributed by atoms with Crippen molar-refractivity contribution in [2.45, 2.75) is 27.3 Å². The second kappa shape index (κ2) is 5.39. The third-order valence-electron chi connectivity index (χ3n) is 2.26. The molecular formula is C10H19N5O. The highest BCUT2D eigenvalue weighted by Crippen LogP contribution is 2.21. The number of nitrogens with two attached hydrogens (primary N) is 1. The molecule has 1 heterocycles. The van der Waals surface area contributed by atoms with E-state index < -0.39 is 0 Å². The maximum absolute atomic E-state index is 11.3. The van der Waals surface area contributed by atoms with E-state index in [1.165, 1.54) is 0 Å². The minimum Gasteiger partial charge on any atom is -0.394 e. The van der Waals surface area contributed by atoms with Crippen molar-refractivity contribution in [2.24, 2.45) is 0 Å². The van der Waals surface area contributed by atoms with E-state index in [0.717, 1.165) is 12.2 Å². The molecule has 0 aliphatic heterocycles. The number of aryl methyl sites for hydroxylation is 2. The normalized spacial score (nSPS) is 10.2. The minimum absolute atomic E-state index is 0.0524. The Bertz CT molecular complexity index is 372. The summed E-state index contributed by atoms with van der Waals surface area (Å²) in [6.07, 6.45) is 0. The SMILES string of the molecule is CCNC(=O)CNc1c(N)c(C)nn1CC. The van der Waals surface area contributed by atoms with E-state index >= 15 is 0 Å². The molecule has 1 amide bonds. The van der Waals surface area contributed by atoms with Crippen molar-refractivity contribution >= 4 is 17.4 Å². The largest absolute Gasteiger partial charge is 0.394 e. The molecule has 16 heavy (non-hydrogen) atoms. The second-order valence-corrected chi connectivity index (χ2v) is 3.47. The van der Waals surface area contributed by atoms with E-state index in [2.05, 4.69) is 15.7 Å². The van der Waals surface area contributed by atoms with Crippen LogP contribution in [-0.2, 0) is 11.3 Å². The monoisotopic (exact) mass is 225 g/mol. The molecule has 0 saturated carbocycles. The Balaban J connectivity index is 2.69. The summed E-state index contributed by atoms with van der Waals surface area (Å²) in [5.74, 6) is 0.662. The smallest absolute Gasteiger partial charge is 0.239 e. The van der Waals surface area contributed by atoms with Crippen LogP contribution in [0.1, 0.15) is 19.5 Å². The minimum atomic E-state index is -0.0524. The molecule has 0 atom stereocenters. The van der Waals surface area contributed by atoms with Gasteiger partial charge in [0.25, 0.3) is 0 Å². The number of amides is 1. The molecule has 0 saturated heterocycles. The topological polar surface area (TPSA) is 85.0 Å². The lowest BCUT2D eigenvalue weighted by Crippen LogP contribution is -2.30. The molecule has 4 N–H and O–H groups in total. The van der Waals surface area contributed by atoms with E-state index in [4.69, 9.17) is 5.73 Å². The van der Waals surface area contributed by atoms with Crippen LogP contribution in [0.3, 0.4) is 0 Å². The number of rotatable bonds is 5. The molecule has 0 fully saturated rings.